The molecule has 1 aliphatic carbocycles. The molecule has 0 radical (unpaired) electrons. The summed E-state index contributed by atoms with van der Waals surface area (Å²) in [6, 6.07) is 0.731. The van der Waals surface area contributed by atoms with Gasteiger partial charge in [0.2, 0.25) is 0 Å². The smallest absolute Gasteiger partial charge is 0.0685 e. The number of hydrogen-bond acceptors (Lipinski definition) is 2. The number of hydrogen-bond donors (Lipinski definition) is 1. The fraction of sp³-hybridized carbons (Fsp3) is 1.00. The topological polar surface area (TPSA) is 21.3 Å². The van der Waals surface area contributed by atoms with Gasteiger partial charge in [0.1, 0.15) is 0 Å². The van der Waals surface area contributed by atoms with E-state index < -0.39 is 0 Å². The summed E-state index contributed by atoms with van der Waals surface area (Å²) in [5.74, 6) is 0.846. The average Bonchev–Trinajstić information content (AvgIpc) is 2.47. The van der Waals surface area contributed by atoms with Gasteiger partial charge < -0.3 is 10.1 Å². The second-order valence-electron chi connectivity index (χ2n) is 7.00. The van der Waals surface area contributed by atoms with Crippen LogP contribution in [0.2, 0.25) is 0 Å². The number of nitrogens with one attached hydrogen (secondary N) is 1. The Labute approximate surface area is 126 Å². The highest BCUT2D eigenvalue weighted by molar-refractivity contribution is 4.93. The lowest BCUT2D eigenvalue weighted by atomic mass is 9.73. The molecule has 0 aromatic carbocycles. The zero-order chi connectivity index (χ0) is 14.3. The van der Waals surface area contributed by atoms with Crippen molar-refractivity contribution in [3.8, 4) is 0 Å². The Bertz CT molecular complexity index is 255. The normalized spacial score (nSPS) is 27.6. The van der Waals surface area contributed by atoms with Crippen molar-refractivity contribution in [1.29, 1.82) is 0 Å². The summed E-state index contributed by atoms with van der Waals surface area (Å²) in [6.07, 6.45) is 14.9. The van der Waals surface area contributed by atoms with Gasteiger partial charge in [-0.2, -0.15) is 0 Å². The summed E-state index contributed by atoms with van der Waals surface area (Å²) in [5.41, 5.74) is 0.263. The molecule has 1 aliphatic heterocycles. The van der Waals surface area contributed by atoms with E-state index >= 15 is 0 Å². The van der Waals surface area contributed by atoms with Gasteiger partial charge in [-0.3, -0.25) is 0 Å². The van der Waals surface area contributed by atoms with Crippen LogP contribution in [0, 0.1) is 5.92 Å². The summed E-state index contributed by atoms with van der Waals surface area (Å²) < 4.78 is 6.26. The molecule has 2 rings (SSSR count). The lowest BCUT2D eigenvalue weighted by Crippen LogP contribution is -2.47. The van der Waals surface area contributed by atoms with Crippen LogP contribution in [0.3, 0.4) is 0 Å². The van der Waals surface area contributed by atoms with Crippen molar-refractivity contribution in [3.05, 3.63) is 0 Å². The first-order valence-electron chi connectivity index (χ1n) is 9.17. The van der Waals surface area contributed by atoms with Crippen molar-refractivity contribution in [2.45, 2.75) is 96.1 Å². The van der Waals surface area contributed by atoms with Crippen LogP contribution < -0.4 is 5.32 Å². The molecule has 0 aromatic rings. The van der Waals surface area contributed by atoms with Crippen molar-refractivity contribution in [1.82, 2.24) is 5.32 Å². The van der Waals surface area contributed by atoms with E-state index in [4.69, 9.17) is 4.74 Å². The molecular weight excluding hydrogens is 246 g/mol. The molecule has 2 aliphatic rings. The van der Waals surface area contributed by atoms with Crippen LogP contribution in [0.25, 0.3) is 0 Å². The van der Waals surface area contributed by atoms with Crippen molar-refractivity contribution in [3.63, 3.8) is 0 Å². The maximum absolute atomic E-state index is 6.26. The van der Waals surface area contributed by atoms with E-state index in [0.29, 0.717) is 0 Å². The molecule has 2 nitrogen and oxygen atoms in total. The summed E-state index contributed by atoms with van der Waals surface area (Å²) in [5, 5.41) is 3.78. The van der Waals surface area contributed by atoms with Crippen LogP contribution >= 0.6 is 0 Å². The molecule has 1 saturated heterocycles. The van der Waals surface area contributed by atoms with Crippen molar-refractivity contribution >= 4 is 0 Å². The van der Waals surface area contributed by atoms with Crippen molar-refractivity contribution in [2.24, 2.45) is 5.92 Å². The van der Waals surface area contributed by atoms with Gasteiger partial charge in [0.05, 0.1) is 5.60 Å². The Morgan fingerprint density at radius 3 is 2.65 bits per heavy atom. The van der Waals surface area contributed by atoms with Crippen LogP contribution in [0.4, 0.5) is 0 Å². The van der Waals surface area contributed by atoms with Crippen LogP contribution in [0.5, 0.6) is 0 Å². The van der Waals surface area contributed by atoms with E-state index in [2.05, 4.69) is 19.2 Å². The van der Waals surface area contributed by atoms with Crippen LogP contribution in [-0.2, 0) is 4.74 Å². The maximum atomic E-state index is 6.26. The zero-order valence-electron chi connectivity index (χ0n) is 13.8. The van der Waals surface area contributed by atoms with Crippen molar-refractivity contribution < 1.29 is 4.74 Å². The molecule has 2 unspecified atom stereocenters. The minimum absolute atomic E-state index is 0.263. The van der Waals surface area contributed by atoms with E-state index in [-0.39, 0.29) is 5.60 Å². The van der Waals surface area contributed by atoms with Gasteiger partial charge in [0.15, 0.2) is 0 Å². The molecular formula is C18H35NO. The predicted octanol–water partition coefficient (Wildman–Crippen LogP) is 4.67. The van der Waals surface area contributed by atoms with Crippen LogP contribution in [0.1, 0.15) is 84.5 Å². The van der Waals surface area contributed by atoms with Gasteiger partial charge in [-0.1, -0.05) is 52.4 Å². The lowest BCUT2D eigenvalue weighted by Gasteiger charge is -2.45. The number of rotatable bonds is 7. The molecule has 1 N–H and O–H groups in total. The molecule has 118 valence electrons. The lowest BCUT2D eigenvalue weighted by molar-refractivity contribution is -0.122. The molecule has 1 saturated carbocycles. The van der Waals surface area contributed by atoms with E-state index in [0.717, 1.165) is 25.1 Å². The van der Waals surface area contributed by atoms with Crippen LogP contribution in [0.15, 0.2) is 0 Å². The molecule has 1 spiro atoms. The Balaban J connectivity index is 1.89. The Morgan fingerprint density at radius 1 is 1.15 bits per heavy atom. The maximum Gasteiger partial charge on any atom is 0.0685 e. The molecule has 0 amide bonds. The Kier molecular flexibility index (Phi) is 6.83. The van der Waals surface area contributed by atoms with E-state index in [9.17, 15) is 0 Å². The van der Waals surface area contributed by atoms with Gasteiger partial charge in [-0.25, -0.2) is 0 Å². The second-order valence-corrected chi connectivity index (χ2v) is 7.00. The predicted molar refractivity (Wildman–Crippen MR) is 86.1 cm³/mol. The molecule has 0 aromatic heterocycles. The highest BCUT2D eigenvalue weighted by Crippen LogP contribution is 2.42. The van der Waals surface area contributed by atoms with Gasteiger partial charge in [-0.05, 0) is 44.6 Å². The molecule has 1 heterocycles. The summed E-state index contributed by atoms with van der Waals surface area (Å²) in [6.45, 7) is 6.66. The van der Waals surface area contributed by atoms with E-state index in [1.807, 2.05) is 0 Å². The minimum Gasteiger partial charge on any atom is -0.375 e. The van der Waals surface area contributed by atoms with Crippen LogP contribution in [-0.4, -0.2) is 24.8 Å². The Morgan fingerprint density at radius 2 is 1.95 bits per heavy atom. The third kappa shape index (κ3) is 4.46. The fourth-order valence-corrected chi connectivity index (χ4v) is 4.33. The first-order valence-corrected chi connectivity index (χ1v) is 9.17. The standard InChI is InChI=1S/C18H35NO/c1-3-5-7-10-17(19-4-2)16-11-14-20-18(15-16)12-8-6-9-13-18/h16-17,19H,3-15H2,1-2H3. The minimum atomic E-state index is 0.263. The third-order valence-electron chi connectivity index (χ3n) is 5.45. The second kappa shape index (κ2) is 8.38. The van der Waals surface area contributed by atoms with Gasteiger partial charge in [0.25, 0.3) is 0 Å². The summed E-state index contributed by atoms with van der Waals surface area (Å²) in [7, 11) is 0. The largest absolute Gasteiger partial charge is 0.375 e. The highest BCUT2D eigenvalue weighted by atomic mass is 16.5. The molecule has 2 fully saturated rings. The number of unbranched alkanes of at least 4 members (excludes halogenated alkanes) is 2. The third-order valence-corrected chi connectivity index (χ3v) is 5.45. The van der Waals surface area contributed by atoms with E-state index in [1.54, 1.807) is 0 Å². The first kappa shape index (κ1) is 16.3. The van der Waals surface area contributed by atoms with Crippen molar-refractivity contribution in [2.75, 3.05) is 13.2 Å². The van der Waals surface area contributed by atoms with E-state index in [1.165, 1.54) is 70.6 Å². The summed E-state index contributed by atoms with van der Waals surface area (Å²) >= 11 is 0. The quantitative estimate of drug-likeness (QED) is 0.684. The average molecular weight is 281 g/mol. The zero-order valence-corrected chi connectivity index (χ0v) is 13.8. The Hall–Kier alpha value is -0.0800. The molecule has 0 bridgehead atoms. The van der Waals surface area contributed by atoms with Gasteiger partial charge in [0, 0.05) is 12.6 Å². The molecule has 2 heteroatoms. The molecule has 20 heavy (non-hydrogen) atoms. The van der Waals surface area contributed by atoms with Gasteiger partial charge in [-0.15, -0.1) is 0 Å². The monoisotopic (exact) mass is 281 g/mol. The highest BCUT2D eigenvalue weighted by Gasteiger charge is 2.40. The number of ether oxygens (including phenoxy) is 1. The summed E-state index contributed by atoms with van der Waals surface area (Å²) in [4.78, 5) is 0. The fourth-order valence-electron chi connectivity index (χ4n) is 4.33. The molecule has 2 atom stereocenters. The first-order chi connectivity index (χ1) is 9.79. The SMILES string of the molecule is CCCCCC(NCC)C1CCOC2(CCCCC2)C1. The van der Waals surface area contributed by atoms with Gasteiger partial charge >= 0.3 is 0 Å².